The van der Waals surface area contributed by atoms with E-state index in [4.69, 9.17) is 5.11 Å². The minimum Gasteiger partial charge on any atom is -0.478 e. The first-order valence-corrected chi connectivity index (χ1v) is 7.31. The quantitative estimate of drug-likeness (QED) is 0.695. The molecule has 2 aromatic carbocycles. The van der Waals surface area contributed by atoms with Gasteiger partial charge in [0.2, 0.25) is 0 Å². The van der Waals surface area contributed by atoms with Crippen molar-refractivity contribution in [2.75, 3.05) is 0 Å². The van der Waals surface area contributed by atoms with E-state index in [0.717, 1.165) is 5.56 Å². The fourth-order valence-electron chi connectivity index (χ4n) is 1.70. The summed E-state index contributed by atoms with van der Waals surface area (Å²) in [6.45, 7) is 0. The molecule has 0 heterocycles. The van der Waals surface area contributed by atoms with Crippen molar-refractivity contribution < 1.29 is 22.2 Å². The summed E-state index contributed by atoms with van der Waals surface area (Å²) in [5.41, 5.74) is 1.45. The zero-order valence-electron chi connectivity index (χ0n) is 10.7. The van der Waals surface area contributed by atoms with E-state index >= 15 is 0 Å². The number of carboxylic acid groups (broad SMARTS) is 1. The van der Waals surface area contributed by atoms with Gasteiger partial charge in [0.15, 0.2) is 0 Å². The van der Waals surface area contributed by atoms with Crippen molar-refractivity contribution in [3.8, 4) is 0 Å². The molecule has 0 atom stereocenters. The lowest BCUT2D eigenvalue weighted by Gasteiger charge is -1.98. The molecule has 6 heteroatoms. The average molecular weight is 306 g/mol. The van der Waals surface area contributed by atoms with Gasteiger partial charge in [-0.05, 0) is 35.4 Å². The number of hydrogen-bond acceptors (Lipinski definition) is 3. The van der Waals surface area contributed by atoms with Gasteiger partial charge in [0, 0.05) is 0 Å². The van der Waals surface area contributed by atoms with Crippen LogP contribution in [0, 0.1) is 0 Å². The van der Waals surface area contributed by atoms with Crippen LogP contribution in [0.3, 0.4) is 0 Å². The summed E-state index contributed by atoms with van der Waals surface area (Å²) in [7, 11) is -4.72. The molecule has 2 rings (SSSR count). The number of halogens is 1. The molecule has 0 bridgehead atoms. The minimum absolute atomic E-state index is 0.178. The molecule has 21 heavy (non-hydrogen) atoms. The zero-order chi connectivity index (χ0) is 15.5. The highest BCUT2D eigenvalue weighted by Crippen LogP contribution is 2.16. The number of carboxylic acids is 1. The predicted octanol–water partition coefficient (Wildman–Crippen LogP) is 3.21. The van der Waals surface area contributed by atoms with Crippen molar-refractivity contribution in [2.45, 2.75) is 4.90 Å². The monoisotopic (exact) mass is 306 g/mol. The third-order valence-corrected chi connectivity index (χ3v) is 3.58. The molecule has 0 aliphatic carbocycles. The van der Waals surface area contributed by atoms with Crippen molar-refractivity contribution >= 4 is 28.3 Å². The molecule has 0 unspecified atom stereocenters. The van der Waals surface area contributed by atoms with Crippen LogP contribution in [0.25, 0.3) is 12.2 Å². The highest BCUT2D eigenvalue weighted by molar-refractivity contribution is 7.86. The Kier molecular flexibility index (Phi) is 4.18. The van der Waals surface area contributed by atoms with E-state index in [-0.39, 0.29) is 5.56 Å². The van der Waals surface area contributed by atoms with E-state index in [1.807, 2.05) is 0 Å². The van der Waals surface area contributed by atoms with Crippen LogP contribution in [0.15, 0.2) is 53.4 Å². The normalized spacial score (nSPS) is 11.7. The summed E-state index contributed by atoms with van der Waals surface area (Å²) in [6.07, 6.45) is 3.29. The molecular weight excluding hydrogens is 295 g/mol. The Balaban J connectivity index is 2.23. The molecule has 0 amide bonds. The first kappa shape index (κ1) is 14.9. The Morgan fingerprint density at radius 1 is 1.00 bits per heavy atom. The molecule has 0 fully saturated rings. The number of rotatable bonds is 4. The van der Waals surface area contributed by atoms with Gasteiger partial charge in [-0.15, -0.1) is 3.89 Å². The lowest BCUT2D eigenvalue weighted by molar-refractivity contribution is 0.0697. The topological polar surface area (TPSA) is 71.4 Å². The van der Waals surface area contributed by atoms with Gasteiger partial charge in [-0.25, -0.2) is 4.79 Å². The van der Waals surface area contributed by atoms with Gasteiger partial charge in [0.1, 0.15) is 0 Å². The van der Waals surface area contributed by atoms with Crippen molar-refractivity contribution in [3.63, 3.8) is 0 Å². The smallest absolute Gasteiger partial charge is 0.335 e. The van der Waals surface area contributed by atoms with E-state index in [2.05, 4.69) is 0 Å². The third kappa shape index (κ3) is 4.00. The fraction of sp³-hybridized carbons (Fsp3) is 0. The third-order valence-electron chi connectivity index (χ3n) is 2.77. The lowest BCUT2D eigenvalue weighted by atomic mass is 10.1. The summed E-state index contributed by atoms with van der Waals surface area (Å²) in [4.78, 5) is 10.3. The predicted molar refractivity (Wildman–Crippen MR) is 77.1 cm³/mol. The van der Waals surface area contributed by atoms with Crippen molar-refractivity contribution in [2.24, 2.45) is 0 Å². The van der Waals surface area contributed by atoms with Crippen LogP contribution in [-0.4, -0.2) is 19.5 Å². The van der Waals surface area contributed by atoms with Crippen molar-refractivity contribution in [3.05, 3.63) is 65.2 Å². The van der Waals surface area contributed by atoms with Crippen molar-refractivity contribution in [1.82, 2.24) is 0 Å². The van der Waals surface area contributed by atoms with Crippen LogP contribution >= 0.6 is 0 Å². The average Bonchev–Trinajstić information content (AvgIpc) is 2.45. The second-order valence-electron chi connectivity index (χ2n) is 4.27. The van der Waals surface area contributed by atoms with Gasteiger partial charge < -0.3 is 5.11 Å². The van der Waals surface area contributed by atoms with Crippen molar-refractivity contribution in [1.29, 1.82) is 0 Å². The van der Waals surface area contributed by atoms with Gasteiger partial charge in [-0.3, -0.25) is 0 Å². The molecule has 0 aliphatic rings. The number of carbonyl (C=O) groups is 1. The molecule has 4 nitrogen and oxygen atoms in total. The highest BCUT2D eigenvalue weighted by Gasteiger charge is 2.10. The Hall–Kier alpha value is -2.47. The standard InChI is InChI=1S/C15H11FO4S/c16-21(19,20)14-3-1-2-12(10-14)5-4-11-6-8-13(9-7-11)15(17)18/h1-10H,(H,17,18)/b5-4-. The van der Waals surface area contributed by atoms with Crippen LogP contribution in [0.4, 0.5) is 3.89 Å². The molecule has 108 valence electrons. The van der Waals surface area contributed by atoms with E-state index in [1.54, 1.807) is 30.4 Å². The fourth-order valence-corrected chi connectivity index (χ4v) is 2.22. The molecule has 0 aliphatic heterocycles. The molecule has 2 aromatic rings. The maximum atomic E-state index is 12.9. The van der Waals surface area contributed by atoms with Crippen LogP contribution in [0.1, 0.15) is 21.5 Å². The first-order valence-electron chi connectivity index (χ1n) is 5.92. The lowest BCUT2D eigenvalue weighted by Crippen LogP contribution is -1.94. The van der Waals surface area contributed by atoms with Gasteiger partial charge in [0.05, 0.1) is 10.5 Å². The minimum atomic E-state index is -4.72. The molecule has 0 saturated heterocycles. The number of hydrogen-bond donors (Lipinski definition) is 1. The Morgan fingerprint density at radius 3 is 2.19 bits per heavy atom. The van der Waals surface area contributed by atoms with Gasteiger partial charge in [0.25, 0.3) is 0 Å². The maximum absolute atomic E-state index is 12.9. The van der Waals surface area contributed by atoms with Gasteiger partial charge in [-0.2, -0.15) is 8.42 Å². The second kappa shape index (κ2) is 5.88. The molecule has 0 saturated carbocycles. The maximum Gasteiger partial charge on any atom is 0.335 e. The van der Waals surface area contributed by atoms with Gasteiger partial charge >= 0.3 is 16.2 Å². The SMILES string of the molecule is O=C(O)c1ccc(/C=C\c2cccc(S(=O)(=O)F)c2)cc1. The largest absolute Gasteiger partial charge is 0.478 e. The zero-order valence-corrected chi connectivity index (χ0v) is 11.5. The first-order chi connectivity index (χ1) is 9.86. The molecule has 1 N–H and O–H groups in total. The number of aromatic carboxylic acids is 1. The summed E-state index contributed by atoms with van der Waals surface area (Å²) >= 11 is 0. The van der Waals surface area contributed by atoms with E-state index < -0.39 is 21.1 Å². The second-order valence-corrected chi connectivity index (χ2v) is 5.62. The van der Waals surface area contributed by atoms with Crippen LogP contribution in [0.2, 0.25) is 0 Å². The van der Waals surface area contributed by atoms with Gasteiger partial charge in [-0.1, -0.05) is 36.4 Å². The molecule has 0 spiro atoms. The number of benzene rings is 2. The summed E-state index contributed by atoms with van der Waals surface area (Å²) in [5, 5.41) is 8.78. The Labute approximate surface area is 121 Å². The summed E-state index contributed by atoms with van der Waals surface area (Å²) < 4.78 is 34.5. The molecular formula is C15H11FO4S. The van der Waals surface area contributed by atoms with E-state index in [0.29, 0.717) is 5.56 Å². The molecule has 0 radical (unpaired) electrons. The van der Waals surface area contributed by atoms with Crippen LogP contribution < -0.4 is 0 Å². The van der Waals surface area contributed by atoms with E-state index in [9.17, 15) is 17.1 Å². The summed E-state index contributed by atoms with van der Waals surface area (Å²) in [6, 6.07) is 11.6. The highest BCUT2D eigenvalue weighted by atomic mass is 32.3. The Bertz CT molecular complexity index is 793. The Morgan fingerprint density at radius 2 is 1.62 bits per heavy atom. The van der Waals surface area contributed by atoms with Crippen LogP contribution in [0.5, 0.6) is 0 Å². The molecule has 0 aromatic heterocycles. The summed E-state index contributed by atoms with van der Waals surface area (Å²) in [5.74, 6) is -1.01. The van der Waals surface area contributed by atoms with E-state index in [1.165, 1.54) is 30.3 Å². The van der Waals surface area contributed by atoms with Crippen LogP contribution in [-0.2, 0) is 10.2 Å².